The molecule has 0 saturated carbocycles. The average molecular weight is 330 g/mol. The van der Waals surface area contributed by atoms with E-state index in [0.29, 0.717) is 5.69 Å². The summed E-state index contributed by atoms with van der Waals surface area (Å²) in [6.45, 7) is 6.80. The number of hydrogen-bond donors (Lipinski definition) is 2. The van der Waals surface area contributed by atoms with Gasteiger partial charge in [-0.2, -0.15) is 0 Å². The highest BCUT2D eigenvalue weighted by molar-refractivity contribution is 5.90. The highest BCUT2D eigenvalue weighted by Crippen LogP contribution is 2.12. The Labute approximate surface area is 139 Å². The van der Waals surface area contributed by atoms with E-state index in [1.54, 1.807) is 6.07 Å². The van der Waals surface area contributed by atoms with Gasteiger partial charge in [-0.15, -0.1) is 0 Å². The second kappa shape index (κ2) is 8.26. The summed E-state index contributed by atoms with van der Waals surface area (Å²) in [4.78, 5) is 39.1. The van der Waals surface area contributed by atoms with Gasteiger partial charge in [-0.05, 0) is 30.8 Å². The summed E-state index contributed by atoms with van der Waals surface area (Å²) in [5, 5.41) is 2.77. The van der Waals surface area contributed by atoms with E-state index < -0.39 is 11.2 Å². The molecule has 0 radical (unpaired) electrons. The Morgan fingerprint density at radius 1 is 1.21 bits per heavy atom. The lowest BCUT2D eigenvalue weighted by molar-refractivity contribution is -0.116. The van der Waals surface area contributed by atoms with Crippen LogP contribution in [0.15, 0.2) is 46.1 Å². The molecule has 7 heteroatoms. The molecule has 0 spiro atoms. The van der Waals surface area contributed by atoms with Gasteiger partial charge < -0.3 is 5.32 Å². The van der Waals surface area contributed by atoms with Gasteiger partial charge >= 0.3 is 5.69 Å². The molecule has 0 fully saturated rings. The van der Waals surface area contributed by atoms with Crippen molar-refractivity contribution in [3.63, 3.8) is 0 Å². The molecular weight excluding hydrogens is 308 g/mol. The molecule has 0 aliphatic heterocycles. The van der Waals surface area contributed by atoms with E-state index in [-0.39, 0.29) is 12.5 Å². The van der Waals surface area contributed by atoms with Crippen molar-refractivity contribution in [2.24, 2.45) is 0 Å². The molecule has 1 heterocycles. The van der Waals surface area contributed by atoms with Crippen LogP contribution < -0.4 is 16.6 Å². The first kappa shape index (κ1) is 17.7. The second-order valence-corrected chi connectivity index (χ2v) is 5.45. The predicted octanol–water partition coefficient (Wildman–Crippen LogP) is 1.02. The Bertz CT molecular complexity index is 806. The van der Waals surface area contributed by atoms with Crippen molar-refractivity contribution in [2.45, 2.75) is 26.9 Å². The van der Waals surface area contributed by atoms with Crippen LogP contribution in [-0.4, -0.2) is 33.4 Å². The van der Waals surface area contributed by atoms with Crippen LogP contribution in [0.25, 0.3) is 0 Å². The van der Waals surface area contributed by atoms with Gasteiger partial charge in [0.1, 0.15) is 6.54 Å². The maximum absolute atomic E-state index is 12.1. The number of carbonyl (C=O) groups is 1. The third-order valence-corrected chi connectivity index (χ3v) is 3.72. The standard InChI is InChI=1S/C17H22N4O3/c1-3-20(4-2)11-13-6-5-7-14(10-13)18-16(23)12-21-9-8-15(22)19-17(21)24/h5-10H,3-4,11-12H2,1-2H3,(H,18,23)(H,19,22,24). The average Bonchev–Trinajstić information content (AvgIpc) is 2.55. The summed E-state index contributed by atoms with van der Waals surface area (Å²) >= 11 is 0. The van der Waals surface area contributed by atoms with Gasteiger partial charge in [-0.3, -0.25) is 24.0 Å². The molecule has 0 unspecified atom stereocenters. The zero-order valence-electron chi connectivity index (χ0n) is 13.9. The highest BCUT2D eigenvalue weighted by atomic mass is 16.2. The normalized spacial score (nSPS) is 10.8. The van der Waals surface area contributed by atoms with Gasteiger partial charge in [0.05, 0.1) is 0 Å². The van der Waals surface area contributed by atoms with Crippen LogP contribution >= 0.6 is 0 Å². The van der Waals surface area contributed by atoms with Crippen LogP contribution in [0.5, 0.6) is 0 Å². The first-order chi connectivity index (χ1) is 11.5. The molecule has 128 valence electrons. The van der Waals surface area contributed by atoms with E-state index in [0.717, 1.165) is 29.8 Å². The fraction of sp³-hybridized carbons (Fsp3) is 0.353. The summed E-state index contributed by atoms with van der Waals surface area (Å²) in [5.41, 5.74) is 0.702. The lowest BCUT2D eigenvalue weighted by Crippen LogP contribution is -2.32. The molecule has 1 aromatic heterocycles. The van der Waals surface area contributed by atoms with Crippen molar-refractivity contribution in [2.75, 3.05) is 18.4 Å². The lowest BCUT2D eigenvalue weighted by atomic mass is 10.2. The minimum absolute atomic E-state index is 0.157. The lowest BCUT2D eigenvalue weighted by Gasteiger charge is -2.18. The Morgan fingerprint density at radius 3 is 2.62 bits per heavy atom. The van der Waals surface area contributed by atoms with Crippen LogP contribution in [0.2, 0.25) is 0 Å². The Balaban J connectivity index is 2.03. The molecule has 2 rings (SSSR count). The molecule has 7 nitrogen and oxygen atoms in total. The fourth-order valence-corrected chi connectivity index (χ4v) is 2.38. The number of hydrogen-bond acceptors (Lipinski definition) is 4. The molecule has 0 aliphatic rings. The van der Waals surface area contributed by atoms with E-state index in [4.69, 9.17) is 0 Å². The van der Waals surface area contributed by atoms with Crippen LogP contribution in [0.3, 0.4) is 0 Å². The van der Waals surface area contributed by atoms with Gasteiger partial charge in [0, 0.05) is 24.5 Å². The minimum Gasteiger partial charge on any atom is -0.325 e. The number of benzene rings is 1. The first-order valence-corrected chi connectivity index (χ1v) is 7.92. The first-order valence-electron chi connectivity index (χ1n) is 7.92. The number of aromatic nitrogens is 2. The van der Waals surface area contributed by atoms with Crippen LogP contribution in [0, 0.1) is 0 Å². The molecule has 0 bridgehead atoms. The van der Waals surface area contributed by atoms with Gasteiger partial charge in [0.15, 0.2) is 0 Å². The van der Waals surface area contributed by atoms with Gasteiger partial charge in [-0.25, -0.2) is 4.79 Å². The quantitative estimate of drug-likeness (QED) is 0.793. The van der Waals surface area contributed by atoms with Crippen LogP contribution in [-0.2, 0) is 17.9 Å². The molecule has 0 atom stereocenters. The second-order valence-electron chi connectivity index (χ2n) is 5.45. The largest absolute Gasteiger partial charge is 0.328 e. The molecule has 2 aromatic rings. The van der Waals surface area contributed by atoms with Crippen molar-refractivity contribution in [3.05, 3.63) is 62.9 Å². The Morgan fingerprint density at radius 2 is 1.96 bits per heavy atom. The number of carbonyl (C=O) groups excluding carboxylic acids is 1. The van der Waals surface area contributed by atoms with Crippen molar-refractivity contribution in [1.82, 2.24) is 14.5 Å². The Kier molecular flexibility index (Phi) is 6.08. The third kappa shape index (κ3) is 4.92. The van der Waals surface area contributed by atoms with Gasteiger partial charge in [-0.1, -0.05) is 26.0 Å². The topological polar surface area (TPSA) is 87.2 Å². The van der Waals surface area contributed by atoms with Crippen molar-refractivity contribution in [1.29, 1.82) is 0 Å². The zero-order valence-corrected chi connectivity index (χ0v) is 13.9. The molecule has 0 aliphatic carbocycles. The molecule has 1 amide bonds. The van der Waals surface area contributed by atoms with E-state index >= 15 is 0 Å². The third-order valence-electron chi connectivity index (χ3n) is 3.72. The number of amides is 1. The van der Waals surface area contributed by atoms with Gasteiger partial charge in [0.25, 0.3) is 5.56 Å². The van der Waals surface area contributed by atoms with Crippen LogP contribution in [0.4, 0.5) is 5.69 Å². The number of rotatable bonds is 7. The number of nitrogens with zero attached hydrogens (tertiary/aromatic N) is 2. The molecule has 0 saturated heterocycles. The van der Waals surface area contributed by atoms with Crippen LogP contribution in [0.1, 0.15) is 19.4 Å². The van der Waals surface area contributed by atoms with Crippen molar-refractivity contribution in [3.8, 4) is 0 Å². The highest BCUT2D eigenvalue weighted by Gasteiger charge is 2.07. The molecule has 24 heavy (non-hydrogen) atoms. The summed E-state index contributed by atoms with van der Waals surface area (Å²) < 4.78 is 1.15. The van der Waals surface area contributed by atoms with E-state index in [1.165, 1.54) is 12.3 Å². The maximum Gasteiger partial charge on any atom is 0.328 e. The zero-order chi connectivity index (χ0) is 17.5. The minimum atomic E-state index is -0.604. The van der Waals surface area contributed by atoms with Crippen molar-refractivity contribution < 1.29 is 4.79 Å². The summed E-state index contributed by atoms with van der Waals surface area (Å²) in [7, 11) is 0. The molecular formula is C17H22N4O3. The maximum atomic E-state index is 12.1. The fourth-order valence-electron chi connectivity index (χ4n) is 2.38. The predicted molar refractivity (Wildman–Crippen MR) is 93.0 cm³/mol. The molecule has 1 aromatic carbocycles. The number of H-pyrrole nitrogens is 1. The summed E-state index contributed by atoms with van der Waals surface area (Å²) in [6.07, 6.45) is 1.30. The Hall–Kier alpha value is -2.67. The van der Waals surface area contributed by atoms with E-state index in [2.05, 4.69) is 29.0 Å². The summed E-state index contributed by atoms with van der Waals surface area (Å²) in [5.74, 6) is -0.330. The number of nitrogens with one attached hydrogen (secondary N) is 2. The van der Waals surface area contributed by atoms with Gasteiger partial charge in [0.2, 0.25) is 5.91 Å². The van der Waals surface area contributed by atoms with E-state index in [9.17, 15) is 14.4 Å². The number of anilines is 1. The van der Waals surface area contributed by atoms with E-state index in [1.807, 2.05) is 18.2 Å². The number of aromatic amines is 1. The SMILES string of the molecule is CCN(CC)Cc1cccc(NC(=O)Cn2ccc(=O)[nH]c2=O)c1. The smallest absolute Gasteiger partial charge is 0.325 e. The molecule has 2 N–H and O–H groups in total. The summed E-state index contributed by atoms with van der Waals surface area (Å²) in [6, 6.07) is 8.84. The monoisotopic (exact) mass is 330 g/mol. The van der Waals surface area contributed by atoms with Crippen molar-refractivity contribution >= 4 is 11.6 Å².